The zero-order chi connectivity index (χ0) is 13.8. The SMILES string of the molecule is COc1nc(NN)nc(N(C)Cc2ccc(C)o2)n1. The van der Waals surface area contributed by atoms with Crippen LogP contribution in [0.4, 0.5) is 11.9 Å². The maximum absolute atomic E-state index is 5.50. The third-order valence-electron chi connectivity index (χ3n) is 2.45. The van der Waals surface area contributed by atoms with Crippen LogP contribution in [0.5, 0.6) is 6.01 Å². The second kappa shape index (κ2) is 5.53. The van der Waals surface area contributed by atoms with Crippen LogP contribution < -0.4 is 20.9 Å². The molecule has 2 aromatic heterocycles. The average Bonchev–Trinajstić information content (AvgIpc) is 2.83. The van der Waals surface area contributed by atoms with Crippen molar-refractivity contribution >= 4 is 11.9 Å². The molecule has 8 nitrogen and oxygen atoms in total. The van der Waals surface area contributed by atoms with Crippen LogP contribution in [0, 0.1) is 6.92 Å². The van der Waals surface area contributed by atoms with Gasteiger partial charge in [-0.2, -0.15) is 15.0 Å². The highest BCUT2D eigenvalue weighted by Gasteiger charge is 2.12. The summed E-state index contributed by atoms with van der Waals surface area (Å²) in [5, 5.41) is 0. The smallest absolute Gasteiger partial charge is 0.322 e. The number of furan rings is 1. The quantitative estimate of drug-likeness (QED) is 0.601. The number of methoxy groups -OCH3 is 1. The van der Waals surface area contributed by atoms with Crippen LogP contribution in [0.25, 0.3) is 0 Å². The molecule has 2 heterocycles. The van der Waals surface area contributed by atoms with Gasteiger partial charge in [0.25, 0.3) is 0 Å². The van der Waals surface area contributed by atoms with E-state index in [4.69, 9.17) is 15.0 Å². The summed E-state index contributed by atoms with van der Waals surface area (Å²) in [5.74, 6) is 7.66. The molecule has 0 aromatic carbocycles. The highest BCUT2D eigenvalue weighted by molar-refractivity contribution is 5.37. The summed E-state index contributed by atoms with van der Waals surface area (Å²) in [6.07, 6.45) is 0. The second-order valence-electron chi connectivity index (χ2n) is 3.96. The van der Waals surface area contributed by atoms with Crippen LogP contribution in [0.2, 0.25) is 0 Å². The van der Waals surface area contributed by atoms with E-state index in [1.807, 2.05) is 31.0 Å². The van der Waals surface area contributed by atoms with Gasteiger partial charge in [-0.15, -0.1) is 0 Å². The number of hydrogen-bond acceptors (Lipinski definition) is 8. The molecule has 0 bridgehead atoms. The predicted octanol–water partition coefficient (Wildman–Crippen LogP) is 0.704. The van der Waals surface area contributed by atoms with Gasteiger partial charge >= 0.3 is 6.01 Å². The molecule has 102 valence electrons. The minimum Gasteiger partial charge on any atom is -0.467 e. The molecule has 0 aliphatic carbocycles. The topological polar surface area (TPSA) is 102 Å². The fourth-order valence-corrected chi connectivity index (χ4v) is 1.55. The van der Waals surface area contributed by atoms with Crippen LogP contribution in [0.3, 0.4) is 0 Å². The number of aromatic nitrogens is 3. The standard InChI is InChI=1S/C11H16N6O2/c1-7-4-5-8(19-7)6-17(2)10-13-9(16-12)14-11(15-10)18-3/h4-5H,6,12H2,1-3H3,(H,13,14,15,16). The first-order valence-corrected chi connectivity index (χ1v) is 5.65. The maximum Gasteiger partial charge on any atom is 0.322 e. The molecular formula is C11H16N6O2. The monoisotopic (exact) mass is 264 g/mol. The Morgan fingerprint density at radius 3 is 2.74 bits per heavy atom. The Morgan fingerprint density at radius 2 is 2.16 bits per heavy atom. The largest absolute Gasteiger partial charge is 0.467 e. The van der Waals surface area contributed by atoms with Gasteiger partial charge in [0, 0.05) is 7.05 Å². The normalized spacial score (nSPS) is 10.3. The maximum atomic E-state index is 5.50. The van der Waals surface area contributed by atoms with Crippen molar-refractivity contribution in [1.82, 2.24) is 15.0 Å². The second-order valence-corrected chi connectivity index (χ2v) is 3.96. The van der Waals surface area contributed by atoms with E-state index in [1.54, 1.807) is 0 Å². The summed E-state index contributed by atoms with van der Waals surface area (Å²) in [7, 11) is 3.32. The first-order chi connectivity index (χ1) is 9.12. The van der Waals surface area contributed by atoms with Gasteiger partial charge in [0.2, 0.25) is 11.9 Å². The number of nitrogens with zero attached hydrogens (tertiary/aromatic N) is 4. The van der Waals surface area contributed by atoms with Crippen molar-refractivity contribution in [2.75, 3.05) is 24.5 Å². The van der Waals surface area contributed by atoms with E-state index < -0.39 is 0 Å². The Labute approximate surface area is 110 Å². The number of anilines is 2. The van der Waals surface area contributed by atoms with Crippen LogP contribution in [0.15, 0.2) is 16.5 Å². The lowest BCUT2D eigenvalue weighted by Crippen LogP contribution is -2.21. The lowest BCUT2D eigenvalue weighted by Gasteiger charge is -2.16. The zero-order valence-corrected chi connectivity index (χ0v) is 11.0. The molecule has 0 amide bonds. The summed E-state index contributed by atoms with van der Waals surface area (Å²) in [6, 6.07) is 4.01. The lowest BCUT2D eigenvalue weighted by atomic mass is 10.4. The molecule has 0 spiro atoms. The minimum absolute atomic E-state index is 0.195. The van der Waals surface area contributed by atoms with Crippen molar-refractivity contribution in [3.8, 4) is 6.01 Å². The fraction of sp³-hybridized carbons (Fsp3) is 0.364. The van der Waals surface area contributed by atoms with E-state index in [0.29, 0.717) is 12.5 Å². The molecule has 3 N–H and O–H groups in total. The molecule has 0 radical (unpaired) electrons. The van der Waals surface area contributed by atoms with Crippen molar-refractivity contribution in [3.05, 3.63) is 23.7 Å². The van der Waals surface area contributed by atoms with Gasteiger partial charge < -0.3 is 14.1 Å². The number of nitrogen functional groups attached to an aromatic ring is 1. The van der Waals surface area contributed by atoms with Crippen molar-refractivity contribution in [3.63, 3.8) is 0 Å². The molecule has 0 unspecified atom stereocenters. The minimum atomic E-state index is 0.195. The van der Waals surface area contributed by atoms with Gasteiger partial charge in [0.1, 0.15) is 11.5 Å². The summed E-state index contributed by atoms with van der Waals surface area (Å²) in [5.41, 5.74) is 2.37. The van der Waals surface area contributed by atoms with Crippen molar-refractivity contribution in [1.29, 1.82) is 0 Å². The Hall–Kier alpha value is -2.35. The van der Waals surface area contributed by atoms with E-state index in [-0.39, 0.29) is 12.0 Å². The van der Waals surface area contributed by atoms with E-state index in [9.17, 15) is 0 Å². The summed E-state index contributed by atoms with van der Waals surface area (Å²) < 4.78 is 10.5. The molecule has 8 heteroatoms. The third-order valence-corrected chi connectivity index (χ3v) is 2.45. The molecule has 2 rings (SSSR count). The highest BCUT2D eigenvalue weighted by Crippen LogP contribution is 2.16. The summed E-state index contributed by atoms with van der Waals surface area (Å²) in [4.78, 5) is 14.0. The number of nitrogens with two attached hydrogens (primary N) is 1. The van der Waals surface area contributed by atoms with Crippen molar-refractivity contribution < 1.29 is 9.15 Å². The van der Waals surface area contributed by atoms with Gasteiger partial charge in [-0.3, -0.25) is 5.43 Å². The van der Waals surface area contributed by atoms with E-state index in [2.05, 4.69) is 20.4 Å². The first kappa shape index (κ1) is 13.1. The Bertz CT molecular complexity index is 534. The molecule has 2 aromatic rings. The Balaban J connectivity index is 2.20. The number of ether oxygens (including phenoxy) is 1. The number of hydrogen-bond donors (Lipinski definition) is 2. The zero-order valence-electron chi connectivity index (χ0n) is 11.0. The van der Waals surface area contributed by atoms with Crippen LogP contribution in [-0.4, -0.2) is 29.1 Å². The number of rotatable bonds is 5. The molecule has 0 saturated heterocycles. The summed E-state index contributed by atoms with van der Waals surface area (Å²) in [6.45, 7) is 2.43. The van der Waals surface area contributed by atoms with Crippen LogP contribution in [0.1, 0.15) is 11.5 Å². The highest BCUT2D eigenvalue weighted by atomic mass is 16.5. The van der Waals surface area contributed by atoms with Gasteiger partial charge in [-0.05, 0) is 19.1 Å². The van der Waals surface area contributed by atoms with Gasteiger partial charge in [0.15, 0.2) is 0 Å². The number of aryl methyl sites for hydroxylation is 1. The molecule has 0 atom stereocenters. The molecule has 0 aliphatic rings. The van der Waals surface area contributed by atoms with Crippen molar-refractivity contribution in [2.24, 2.45) is 5.84 Å². The van der Waals surface area contributed by atoms with Crippen molar-refractivity contribution in [2.45, 2.75) is 13.5 Å². The molecule has 0 fully saturated rings. The Kier molecular flexibility index (Phi) is 3.81. The van der Waals surface area contributed by atoms with Gasteiger partial charge in [-0.25, -0.2) is 5.84 Å². The van der Waals surface area contributed by atoms with Gasteiger partial charge in [-0.1, -0.05) is 0 Å². The lowest BCUT2D eigenvalue weighted by molar-refractivity contribution is 0.378. The number of nitrogens with one attached hydrogen (secondary N) is 1. The summed E-state index contributed by atoms with van der Waals surface area (Å²) >= 11 is 0. The molecule has 19 heavy (non-hydrogen) atoms. The molecular weight excluding hydrogens is 248 g/mol. The third kappa shape index (κ3) is 3.10. The molecule has 0 saturated carbocycles. The molecule has 0 aliphatic heterocycles. The first-order valence-electron chi connectivity index (χ1n) is 5.65. The fourth-order valence-electron chi connectivity index (χ4n) is 1.55. The number of hydrazine groups is 1. The van der Waals surface area contributed by atoms with Gasteiger partial charge in [0.05, 0.1) is 13.7 Å². The van der Waals surface area contributed by atoms with E-state index in [1.165, 1.54) is 7.11 Å². The van der Waals surface area contributed by atoms with E-state index >= 15 is 0 Å². The van der Waals surface area contributed by atoms with E-state index in [0.717, 1.165) is 11.5 Å². The Morgan fingerprint density at radius 1 is 1.37 bits per heavy atom. The van der Waals surface area contributed by atoms with Crippen LogP contribution >= 0.6 is 0 Å². The van der Waals surface area contributed by atoms with Crippen LogP contribution in [-0.2, 0) is 6.54 Å². The average molecular weight is 264 g/mol. The predicted molar refractivity (Wildman–Crippen MR) is 69.7 cm³/mol.